The molecule has 1 aliphatic rings. The number of nitro groups is 1. The molecule has 1 N–H and O–H groups in total. The summed E-state index contributed by atoms with van der Waals surface area (Å²) in [5.41, 5.74) is 3.66. The Hall–Kier alpha value is -4.67. The van der Waals surface area contributed by atoms with Gasteiger partial charge in [-0.3, -0.25) is 10.1 Å². The van der Waals surface area contributed by atoms with E-state index in [2.05, 4.69) is 15.2 Å². The highest BCUT2D eigenvalue weighted by Crippen LogP contribution is 2.37. The number of pyridine rings is 1. The first kappa shape index (κ1) is 29.8. The van der Waals surface area contributed by atoms with E-state index in [-0.39, 0.29) is 24.5 Å². The SMILES string of the molecule is COC(OC)C1CCN(c2ccc([N+](=O)[O-])c(Nc3ccc(OCc4ccccc4)nc3OCc3ccccc3)c2)CC1. The molecule has 10 heteroatoms. The van der Waals surface area contributed by atoms with E-state index in [0.717, 1.165) is 42.7 Å². The number of benzene rings is 3. The number of aromatic nitrogens is 1. The van der Waals surface area contributed by atoms with E-state index in [1.54, 1.807) is 32.4 Å². The van der Waals surface area contributed by atoms with Crippen LogP contribution in [-0.4, -0.2) is 43.5 Å². The van der Waals surface area contributed by atoms with Gasteiger partial charge in [-0.05, 0) is 42.2 Å². The molecule has 0 unspecified atom stereocenters. The summed E-state index contributed by atoms with van der Waals surface area (Å²) in [6.07, 6.45) is 1.54. The summed E-state index contributed by atoms with van der Waals surface area (Å²) in [4.78, 5) is 18.5. The fraction of sp³-hybridized carbons (Fsp3) is 0.303. The van der Waals surface area contributed by atoms with Crippen LogP contribution in [0.3, 0.4) is 0 Å². The van der Waals surface area contributed by atoms with Gasteiger partial charge in [0.1, 0.15) is 24.6 Å². The maximum Gasteiger partial charge on any atom is 0.292 e. The molecule has 1 aromatic heterocycles. The van der Waals surface area contributed by atoms with Gasteiger partial charge >= 0.3 is 0 Å². The summed E-state index contributed by atoms with van der Waals surface area (Å²) in [5, 5.41) is 15.2. The van der Waals surface area contributed by atoms with E-state index >= 15 is 0 Å². The van der Waals surface area contributed by atoms with Crippen LogP contribution in [0.15, 0.2) is 91.0 Å². The Morgan fingerprint density at radius 3 is 2.09 bits per heavy atom. The van der Waals surface area contributed by atoms with Crippen LogP contribution in [-0.2, 0) is 22.7 Å². The van der Waals surface area contributed by atoms with E-state index in [1.807, 2.05) is 66.7 Å². The molecule has 0 spiro atoms. The molecule has 3 aromatic carbocycles. The fourth-order valence-electron chi connectivity index (χ4n) is 5.20. The lowest BCUT2D eigenvalue weighted by Gasteiger charge is -2.36. The van der Waals surface area contributed by atoms with Gasteiger partial charge in [0.2, 0.25) is 11.8 Å². The smallest absolute Gasteiger partial charge is 0.292 e. The summed E-state index contributed by atoms with van der Waals surface area (Å²) in [6, 6.07) is 28.2. The maximum atomic E-state index is 12.0. The third-order valence-corrected chi connectivity index (χ3v) is 7.48. The van der Waals surface area contributed by atoms with Crippen LogP contribution >= 0.6 is 0 Å². The van der Waals surface area contributed by atoms with Crippen LogP contribution in [0.1, 0.15) is 24.0 Å². The van der Waals surface area contributed by atoms with Crippen LogP contribution in [0.2, 0.25) is 0 Å². The molecule has 2 heterocycles. The van der Waals surface area contributed by atoms with Crippen molar-refractivity contribution < 1.29 is 23.9 Å². The minimum Gasteiger partial charge on any atom is -0.473 e. The number of hydrogen-bond donors (Lipinski definition) is 1. The Morgan fingerprint density at radius 1 is 0.860 bits per heavy atom. The third kappa shape index (κ3) is 7.79. The standard InChI is InChI=1S/C33H36N4O6/c1-40-33(41-2)26-17-19-36(20-18-26)27-13-15-30(37(38)39)29(21-27)34-28-14-16-31(42-22-24-9-5-3-6-10-24)35-32(28)43-23-25-11-7-4-8-12-25/h3-16,21,26,33-34H,17-20,22-23H2,1-2H3. The van der Waals surface area contributed by atoms with Crippen molar-refractivity contribution in [3.63, 3.8) is 0 Å². The Labute approximate surface area is 251 Å². The van der Waals surface area contributed by atoms with Gasteiger partial charge in [0.05, 0.1) is 4.92 Å². The third-order valence-electron chi connectivity index (χ3n) is 7.48. The normalized spacial score (nSPS) is 13.6. The molecule has 224 valence electrons. The molecular formula is C33H36N4O6. The number of rotatable bonds is 13. The Bertz CT molecular complexity index is 1480. The lowest BCUT2D eigenvalue weighted by molar-refractivity contribution is -0.383. The van der Waals surface area contributed by atoms with Crippen molar-refractivity contribution in [3.8, 4) is 11.8 Å². The molecule has 0 radical (unpaired) electrons. The summed E-state index contributed by atoms with van der Waals surface area (Å²) < 4.78 is 23.0. The van der Waals surface area contributed by atoms with E-state index < -0.39 is 4.92 Å². The zero-order chi connectivity index (χ0) is 30.0. The maximum absolute atomic E-state index is 12.0. The molecule has 43 heavy (non-hydrogen) atoms. The van der Waals surface area contributed by atoms with Gasteiger partial charge in [-0.15, -0.1) is 0 Å². The van der Waals surface area contributed by atoms with Crippen molar-refractivity contribution in [2.45, 2.75) is 32.3 Å². The van der Waals surface area contributed by atoms with Crippen molar-refractivity contribution in [3.05, 3.63) is 112 Å². The Kier molecular flexibility index (Phi) is 10.0. The summed E-state index contributed by atoms with van der Waals surface area (Å²) in [6.45, 7) is 2.18. The molecular weight excluding hydrogens is 548 g/mol. The van der Waals surface area contributed by atoms with Crippen LogP contribution < -0.4 is 19.7 Å². The van der Waals surface area contributed by atoms with E-state index in [9.17, 15) is 10.1 Å². The molecule has 0 amide bonds. The zero-order valence-electron chi connectivity index (χ0n) is 24.3. The number of piperidine rings is 1. The van der Waals surface area contributed by atoms with Crippen molar-refractivity contribution in [2.24, 2.45) is 5.92 Å². The van der Waals surface area contributed by atoms with Gasteiger partial charge in [0, 0.05) is 51.0 Å². The second-order valence-electron chi connectivity index (χ2n) is 10.3. The first-order valence-electron chi connectivity index (χ1n) is 14.2. The number of nitro benzene ring substituents is 1. The van der Waals surface area contributed by atoms with Crippen molar-refractivity contribution in [1.82, 2.24) is 4.98 Å². The molecule has 1 fully saturated rings. The van der Waals surface area contributed by atoms with Crippen molar-refractivity contribution in [2.75, 3.05) is 37.5 Å². The monoisotopic (exact) mass is 584 g/mol. The number of ether oxygens (including phenoxy) is 4. The molecule has 0 bridgehead atoms. The Morgan fingerprint density at radius 2 is 1.49 bits per heavy atom. The average molecular weight is 585 g/mol. The van der Waals surface area contributed by atoms with Crippen molar-refractivity contribution in [1.29, 1.82) is 0 Å². The molecule has 0 atom stereocenters. The molecule has 10 nitrogen and oxygen atoms in total. The summed E-state index contributed by atoms with van der Waals surface area (Å²) >= 11 is 0. The van der Waals surface area contributed by atoms with Crippen LogP contribution in [0.5, 0.6) is 11.8 Å². The molecule has 5 rings (SSSR count). The topological polar surface area (TPSA) is 108 Å². The van der Waals surface area contributed by atoms with Gasteiger partial charge in [-0.2, -0.15) is 4.98 Å². The van der Waals surface area contributed by atoms with E-state index in [0.29, 0.717) is 29.8 Å². The second-order valence-corrected chi connectivity index (χ2v) is 10.3. The minimum absolute atomic E-state index is 0.0455. The van der Waals surface area contributed by atoms with Gasteiger partial charge in [-0.25, -0.2) is 0 Å². The Balaban J connectivity index is 1.38. The minimum atomic E-state index is -0.393. The summed E-state index contributed by atoms with van der Waals surface area (Å²) in [5.74, 6) is 0.953. The van der Waals surface area contributed by atoms with Gasteiger partial charge < -0.3 is 29.2 Å². The van der Waals surface area contributed by atoms with Gasteiger partial charge in [-0.1, -0.05) is 60.7 Å². The molecule has 4 aromatic rings. The van der Waals surface area contributed by atoms with E-state index in [1.165, 1.54) is 6.07 Å². The number of anilines is 3. The fourth-order valence-corrected chi connectivity index (χ4v) is 5.20. The average Bonchev–Trinajstić information content (AvgIpc) is 3.05. The van der Waals surface area contributed by atoms with Gasteiger partial charge in [0.15, 0.2) is 6.29 Å². The quantitative estimate of drug-likeness (QED) is 0.104. The predicted molar refractivity (Wildman–Crippen MR) is 165 cm³/mol. The predicted octanol–water partition coefficient (Wildman–Crippen LogP) is 6.73. The highest BCUT2D eigenvalue weighted by atomic mass is 16.7. The first-order chi connectivity index (χ1) is 21.0. The largest absolute Gasteiger partial charge is 0.473 e. The highest BCUT2D eigenvalue weighted by molar-refractivity contribution is 5.76. The first-order valence-corrected chi connectivity index (χ1v) is 14.2. The van der Waals surface area contributed by atoms with Gasteiger partial charge in [0.25, 0.3) is 5.69 Å². The lowest BCUT2D eigenvalue weighted by Crippen LogP contribution is -2.39. The lowest BCUT2D eigenvalue weighted by atomic mass is 9.95. The number of nitrogens with one attached hydrogen (secondary N) is 1. The second kappa shape index (κ2) is 14.5. The summed E-state index contributed by atoms with van der Waals surface area (Å²) in [7, 11) is 3.31. The molecule has 0 saturated carbocycles. The van der Waals surface area contributed by atoms with Crippen LogP contribution in [0.4, 0.5) is 22.7 Å². The number of methoxy groups -OCH3 is 2. The molecule has 0 aliphatic carbocycles. The molecule has 1 aliphatic heterocycles. The van der Waals surface area contributed by atoms with Crippen molar-refractivity contribution >= 4 is 22.7 Å². The zero-order valence-corrected chi connectivity index (χ0v) is 24.3. The molecule has 1 saturated heterocycles. The highest BCUT2D eigenvalue weighted by Gasteiger charge is 2.27. The number of nitrogens with zero attached hydrogens (tertiary/aromatic N) is 3. The van der Waals surface area contributed by atoms with Crippen LogP contribution in [0, 0.1) is 16.0 Å². The van der Waals surface area contributed by atoms with Crippen LogP contribution in [0.25, 0.3) is 0 Å². The van der Waals surface area contributed by atoms with E-state index in [4.69, 9.17) is 18.9 Å². The number of hydrogen-bond acceptors (Lipinski definition) is 9.